The lowest BCUT2D eigenvalue weighted by atomic mass is 9.99. The first kappa shape index (κ1) is 13.0. The van der Waals surface area contributed by atoms with Gasteiger partial charge in [-0.1, -0.05) is 0 Å². The molecule has 0 aliphatic carbocycles. The van der Waals surface area contributed by atoms with Crippen molar-refractivity contribution in [2.75, 3.05) is 39.5 Å². The highest BCUT2D eigenvalue weighted by molar-refractivity contribution is 5.01. The molecule has 1 N–H and O–H groups in total. The average molecular weight is 266 g/mol. The van der Waals surface area contributed by atoms with Crippen molar-refractivity contribution in [3.63, 3.8) is 0 Å². The van der Waals surface area contributed by atoms with Crippen molar-refractivity contribution in [3.8, 4) is 0 Å². The highest BCUT2D eigenvalue weighted by atomic mass is 16.5. The van der Waals surface area contributed by atoms with Gasteiger partial charge in [0.25, 0.3) is 0 Å². The SMILES string of the molecule is OCC1CCn2c(CCN3CCOCC3)nnc2C1. The molecule has 0 spiro atoms. The Bertz CT molecular complexity index is 415. The summed E-state index contributed by atoms with van der Waals surface area (Å²) in [6, 6.07) is 0. The molecule has 0 amide bonds. The topological polar surface area (TPSA) is 63.4 Å². The number of aromatic nitrogens is 3. The summed E-state index contributed by atoms with van der Waals surface area (Å²) in [5.74, 6) is 2.50. The van der Waals surface area contributed by atoms with Crippen molar-refractivity contribution in [3.05, 3.63) is 11.6 Å². The van der Waals surface area contributed by atoms with Gasteiger partial charge >= 0.3 is 0 Å². The fourth-order valence-corrected chi connectivity index (χ4v) is 2.88. The second-order valence-electron chi connectivity index (χ2n) is 5.43. The van der Waals surface area contributed by atoms with Crippen LogP contribution in [-0.4, -0.2) is 64.2 Å². The van der Waals surface area contributed by atoms with Crippen molar-refractivity contribution in [1.82, 2.24) is 19.7 Å². The van der Waals surface area contributed by atoms with Crippen molar-refractivity contribution in [2.24, 2.45) is 5.92 Å². The summed E-state index contributed by atoms with van der Waals surface area (Å²) < 4.78 is 7.60. The third-order valence-electron chi connectivity index (χ3n) is 4.15. The Morgan fingerprint density at radius 1 is 1.21 bits per heavy atom. The third kappa shape index (κ3) is 2.96. The Balaban J connectivity index is 1.58. The van der Waals surface area contributed by atoms with Gasteiger partial charge in [0.15, 0.2) is 0 Å². The lowest BCUT2D eigenvalue weighted by molar-refractivity contribution is 0.0381. The van der Waals surface area contributed by atoms with Crippen LogP contribution in [0.15, 0.2) is 0 Å². The molecule has 1 atom stereocenters. The Morgan fingerprint density at radius 3 is 2.84 bits per heavy atom. The van der Waals surface area contributed by atoms with Gasteiger partial charge in [0.1, 0.15) is 11.6 Å². The molecule has 0 aromatic carbocycles. The standard InChI is InChI=1S/C13H22N4O2/c18-10-11-1-4-17-12(14-15-13(17)9-11)2-3-16-5-7-19-8-6-16/h11,18H,1-10H2. The molecule has 1 aromatic heterocycles. The van der Waals surface area contributed by atoms with Gasteiger partial charge in [0.05, 0.1) is 13.2 Å². The van der Waals surface area contributed by atoms with Crippen molar-refractivity contribution >= 4 is 0 Å². The molecule has 1 saturated heterocycles. The van der Waals surface area contributed by atoms with E-state index in [0.29, 0.717) is 5.92 Å². The summed E-state index contributed by atoms with van der Waals surface area (Å²) in [5, 5.41) is 17.8. The van der Waals surface area contributed by atoms with Gasteiger partial charge < -0.3 is 14.4 Å². The van der Waals surface area contributed by atoms with E-state index in [1.807, 2.05) is 0 Å². The Labute approximate surface area is 113 Å². The number of hydrogen-bond donors (Lipinski definition) is 1. The van der Waals surface area contributed by atoms with Crippen molar-refractivity contribution in [1.29, 1.82) is 0 Å². The summed E-state index contributed by atoms with van der Waals surface area (Å²) in [6.07, 6.45) is 2.85. The van der Waals surface area contributed by atoms with Gasteiger partial charge in [0, 0.05) is 45.6 Å². The molecule has 0 bridgehead atoms. The maximum Gasteiger partial charge on any atom is 0.134 e. The zero-order chi connectivity index (χ0) is 13.1. The number of fused-ring (bicyclic) bond motifs is 1. The fraction of sp³-hybridized carbons (Fsp3) is 0.846. The second kappa shape index (κ2) is 5.98. The molecule has 6 heteroatoms. The maximum absolute atomic E-state index is 9.22. The summed E-state index contributed by atoms with van der Waals surface area (Å²) in [7, 11) is 0. The minimum atomic E-state index is 0.260. The molecular formula is C13H22N4O2. The van der Waals surface area contributed by atoms with Crippen molar-refractivity contribution < 1.29 is 9.84 Å². The molecule has 2 aliphatic heterocycles. The number of nitrogens with zero attached hydrogens (tertiary/aromatic N) is 4. The number of aliphatic hydroxyl groups excluding tert-OH is 1. The van der Waals surface area contributed by atoms with E-state index in [0.717, 1.165) is 70.3 Å². The minimum Gasteiger partial charge on any atom is -0.396 e. The Kier molecular flexibility index (Phi) is 4.10. The molecular weight excluding hydrogens is 244 g/mol. The zero-order valence-electron chi connectivity index (χ0n) is 11.3. The van der Waals surface area contributed by atoms with Crippen LogP contribution in [-0.2, 0) is 24.1 Å². The first-order valence-electron chi connectivity index (χ1n) is 7.18. The Morgan fingerprint density at radius 2 is 2.05 bits per heavy atom. The lowest BCUT2D eigenvalue weighted by Gasteiger charge is -2.27. The molecule has 0 saturated carbocycles. The third-order valence-corrected chi connectivity index (χ3v) is 4.15. The second-order valence-corrected chi connectivity index (χ2v) is 5.43. The molecule has 6 nitrogen and oxygen atoms in total. The predicted molar refractivity (Wildman–Crippen MR) is 69.9 cm³/mol. The monoisotopic (exact) mass is 266 g/mol. The van der Waals surface area contributed by atoms with E-state index in [1.54, 1.807) is 0 Å². The van der Waals surface area contributed by atoms with Crippen molar-refractivity contribution in [2.45, 2.75) is 25.8 Å². The van der Waals surface area contributed by atoms with E-state index in [9.17, 15) is 5.11 Å². The quantitative estimate of drug-likeness (QED) is 0.811. The number of hydrogen-bond acceptors (Lipinski definition) is 5. The zero-order valence-corrected chi connectivity index (χ0v) is 11.3. The van der Waals surface area contributed by atoms with E-state index >= 15 is 0 Å². The molecule has 1 fully saturated rings. The summed E-state index contributed by atoms with van der Waals surface area (Å²) >= 11 is 0. The van der Waals surface area contributed by atoms with Crippen LogP contribution in [0.25, 0.3) is 0 Å². The van der Waals surface area contributed by atoms with E-state index < -0.39 is 0 Å². The first-order valence-corrected chi connectivity index (χ1v) is 7.18. The molecule has 2 aliphatic rings. The highest BCUT2D eigenvalue weighted by Gasteiger charge is 2.22. The normalized spacial score (nSPS) is 24.4. The maximum atomic E-state index is 9.22. The average Bonchev–Trinajstić information content (AvgIpc) is 2.88. The van der Waals surface area contributed by atoms with Crippen LogP contribution >= 0.6 is 0 Å². The van der Waals surface area contributed by atoms with Crippen LogP contribution in [0.3, 0.4) is 0 Å². The van der Waals surface area contributed by atoms with Gasteiger partial charge in [-0.25, -0.2) is 0 Å². The smallest absolute Gasteiger partial charge is 0.134 e. The van der Waals surface area contributed by atoms with E-state index in [1.165, 1.54) is 0 Å². The molecule has 3 rings (SSSR count). The van der Waals surface area contributed by atoms with Crippen LogP contribution < -0.4 is 0 Å². The molecule has 106 valence electrons. The summed E-state index contributed by atoms with van der Waals surface area (Å²) in [6.45, 7) is 5.97. The molecule has 1 unspecified atom stereocenters. The van der Waals surface area contributed by atoms with E-state index in [2.05, 4.69) is 19.7 Å². The van der Waals surface area contributed by atoms with Gasteiger partial charge in [-0.15, -0.1) is 10.2 Å². The van der Waals surface area contributed by atoms with Crippen LogP contribution in [0.4, 0.5) is 0 Å². The first-order chi connectivity index (χ1) is 9.36. The summed E-state index contributed by atoms with van der Waals surface area (Å²) in [4.78, 5) is 2.42. The number of aliphatic hydroxyl groups is 1. The van der Waals surface area contributed by atoms with Gasteiger partial charge in [-0.3, -0.25) is 4.90 Å². The Hall–Kier alpha value is -0.980. The molecule has 3 heterocycles. The molecule has 1 aromatic rings. The van der Waals surface area contributed by atoms with Gasteiger partial charge in [0.2, 0.25) is 0 Å². The predicted octanol–water partition coefficient (Wildman–Crippen LogP) is -0.292. The number of rotatable bonds is 4. The van der Waals surface area contributed by atoms with Crippen LogP contribution in [0.5, 0.6) is 0 Å². The minimum absolute atomic E-state index is 0.260. The number of morpholine rings is 1. The van der Waals surface area contributed by atoms with Gasteiger partial charge in [-0.05, 0) is 12.3 Å². The van der Waals surface area contributed by atoms with Crippen LogP contribution in [0.1, 0.15) is 18.1 Å². The molecule has 0 radical (unpaired) electrons. The number of ether oxygens (including phenoxy) is 1. The highest BCUT2D eigenvalue weighted by Crippen LogP contribution is 2.20. The van der Waals surface area contributed by atoms with E-state index in [4.69, 9.17) is 4.74 Å². The van der Waals surface area contributed by atoms with E-state index in [-0.39, 0.29) is 6.61 Å². The van der Waals surface area contributed by atoms with Gasteiger partial charge in [-0.2, -0.15) is 0 Å². The largest absolute Gasteiger partial charge is 0.396 e. The summed E-state index contributed by atoms with van der Waals surface area (Å²) in [5.41, 5.74) is 0. The van der Waals surface area contributed by atoms with Crippen LogP contribution in [0.2, 0.25) is 0 Å². The fourth-order valence-electron chi connectivity index (χ4n) is 2.88. The van der Waals surface area contributed by atoms with Crippen LogP contribution in [0, 0.1) is 5.92 Å². The molecule has 19 heavy (non-hydrogen) atoms. The lowest BCUT2D eigenvalue weighted by Crippen LogP contribution is -2.37.